The van der Waals surface area contributed by atoms with E-state index >= 15 is 0 Å². The predicted molar refractivity (Wildman–Crippen MR) is 112 cm³/mol. The van der Waals surface area contributed by atoms with Crippen LogP contribution in [-0.2, 0) is 9.53 Å². The number of methoxy groups -OCH3 is 1. The smallest absolute Gasteiger partial charge is 0.266 e. The second-order valence-corrected chi connectivity index (χ2v) is 7.40. The van der Waals surface area contributed by atoms with Gasteiger partial charge in [-0.05, 0) is 18.6 Å². The maximum absolute atomic E-state index is 13.1. The fraction of sp³-hybridized carbons (Fsp3) is 0.286. The van der Waals surface area contributed by atoms with E-state index < -0.39 is 0 Å². The molecule has 0 saturated heterocycles. The summed E-state index contributed by atoms with van der Waals surface area (Å²) in [5.41, 5.74) is 1.42. The second-order valence-electron chi connectivity index (χ2n) is 6.40. The molecule has 2 amide bonds. The molecule has 2 aromatic heterocycles. The summed E-state index contributed by atoms with van der Waals surface area (Å²) in [5, 5.41) is 3.41. The van der Waals surface area contributed by atoms with Crippen molar-refractivity contribution < 1.29 is 18.7 Å². The van der Waals surface area contributed by atoms with Crippen LogP contribution in [-0.4, -0.2) is 55.6 Å². The van der Waals surface area contributed by atoms with Crippen LogP contribution in [0.25, 0.3) is 22.0 Å². The molecule has 0 aliphatic rings. The average molecular weight is 413 g/mol. The highest BCUT2D eigenvalue weighted by Gasteiger charge is 2.24. The van der Waals surface area contributed by atoms with Gasteiger partial charge in [-0.3, -0.25) is 9.59 Å². The standard InChI is InChI=1S/C21H23N3O4S/c1-24(14-17(25)22-11-7-12-27-2)21(26)19-18(15-8-4-3-5-9-15)23-20(29-19)16-10-6-13-28-16/h3-6,8-10,13H,7,11-12,14H2,1-2H3,(H,22,25). The molecule has 0 aliphatic heterocycles. The van der Waals surface area contributed by atoms with Gasteiger partial charge in [-0.2, -0.15) is 0 Å². The summed E-state index contributed by atoms with van der Waals surface area (Å²) in [6.45, 7) is 1.05. The first-order chi connectivity index (χ1) is 14.1. The van der Waals surface area contributed by atoms with Crippen LogP contribution in [0.4, 0.5) is 0 Å². The molecule has 0 atom stereocenters. The molecule has 0 spiro atoms. The topological polar surface area (TPSA) is 84.7 Å². The molecule has 0 bridgehead atoms. The lowest BCUT2D eigenvalue weighted by molar-refractivity contribution is -0.121. The maximum atomic E-state index is 13.1. The quantitative estimate of drug-likeness (QED) is 0.544. The van der Waals surface area contributed by atoms with Crippen molar-refractivity contribution in [1.82, 2.24) is 15.2 Å². The minimum Gasteiger partial charge on any atom is -0.462 e. The van der Waals surface area contributed by atoms with Crippen molar-refractivity contribution in [2.24, 2.45) is 0 Å². The van der Waals surface area contributed by atoms with Gasteiger partial charge in [0.2, 0.25) is 5.91 Å². The Bertz CT molecular complexity index is 938. The Labute approximate surface area is 173 Å². The van der Waals surface area contributed by atoms with Crippen molar-refractivity contribution in [2.75, 3.05) is 33.9 Å². The Morgan fingerprint density at radius 2 is 2.00 bits per heavy atom. The highest BCUT2D eigenvalue weighted by molar-refractivity contribution is 7.17. The molecule has 1 N–H and O–H groups in total. The van der Waals surface area contributed by atoms with Gasteiger partial charge >= 0.3 is 0 Å². The minimum atomic E-state index is -0.258. The molecule has 0 radical (unpaired) electrons. The fourth-order valence-electron chi connectivity index (χ4n) is 2.72. The number of aromatic nitrogens is 1. The Hall–Kier alpha value is -2.97. The number of nitrogens with one attached hydrogen (secondary N) is 1. The lowest BCUT2D eigenvalue weighted by Gasteiger charge is -2.16. The normalized spacial score (nSPS) is 10.7. The minimum absolute atomic E-state index is 0.0337. The number of likely N-dealkylation sites (N-methyl/N-ethyl adjacent to an activating group) is 1. The van der Waals surface area contributed by atoms with Gasteiger partial charge in [-0.25, -0.2) is 4.98 Å². The van der Waals surface area contributed by atoms with E-state index in [1.54, 1.807) is 32.6 Å². The monoisotopic (exact) mass is 413 g/mol. The van der Waals surface area contributed by atoms with Crippen LogP contribution in [0.1, 0.15) is 16.1 Å². The van der Waals surface area contributed by atoms with Gasteiger partial charge in [0.25, 0.3) is 5.91 Å². The van der Waals surface area contributed by atoms with Crippen molar-refractivity contribution in [3.8, 4) is 22.0 Å². The number of rotatable bonds is 9. The number of hydrogen-bond donors (Lipinski definition) is 1. The van der Waals surface area contributed by atoms with Gasteiger partial charge in [-0.1, -0.05) is 30.3 Å². The van der Waals surface area contributed by atoms with E-state index in [1.807, 2.05) is 30.3 Å². The van der Waals surface area contributed by atoms with Gasteiger partial charge in [0.1, 0.15) is 4.88 Å². The number of ether oxygens (including phenoxy) is 1. The molecule has 0 saturated carbocycles. The van der Waals surface area contributed by atoms with Crippen LogP contribution in [0, 0.1) is 0 Å². The summed E-state index contributed by atoms with van der Waals surface area (Å²) < 4.78 is 10.4. The van der Waals surface area contributed by atoms with Crippen LogP contribution in [0.5, 0.6) is 0 Å². The lowest BCUT2D eigenvalue weighted by Crippen LogP contribution is -2.38. The summed E-state index contributed by atoms with van der Waals surface area (Å²) in [6, 6.07) is 13.1. The molecule has 29 heavy (non-hydrogen) atoms. The van der Waals surface area contributed by atoms with Crippen molar-refractivity contribution in [3.05, 3.63) is 53.6 Å². The van der Waals surface area contributed by atoms with Crippen LogP contribution in [0.15, 0.2) is 53.1 Å². The molecular formula is C21H23N3O4S. The van der Waals surface area contributed by atoms with Gasteiger partial charge in [0.15, 0.2) is 10.8 Å². The van der Waals surface area contributed by atoms with Gasteiger partial charge in [0, 0.05) is 32.9 Å². The largest absolute Gasteiger partial charge is 0.462 e. The third-order valence-electron chi connectivity index (χ3n) is 4.18. The summed E-state index contributed by atoms with van der Waals surface area (Å²) >= 11 is 1.26. The molecule has 2 heterocycles. The zero-order valence-electron chi connectivity index (χ0n) is 16.4. The number of carbonyl (C=O) groups excluding carboxylic acids is 2. The van der Waals surface area contributed by atoms with Crippen molar-refractivity contribution >= 4 is 23.2 Å². The molecular weight excluding hydrogens is 390 g/mol. The van der Waals surface area contributed by atoms with E-state index in [0.717, 1.165) is 12.0 Å². The Balaban J connectivity index is 1.79. The zero-order chi connectivity index (χ0) is 20.6. The third-order valence-corrected chi connectivity index (χ3v) is 5.23. The Kier molecular flexibility index (Phi) is 7.15. The highest BCUT2D eigenvalue weighted by atomic mass is 32.1. The average Bonchev–Trinajstić information content (AvgIpc) is 3.41. The first-order valence-corrected chi connectivity index (χ1v) is 10.0. The molecule has 0 fully saturated rings. The SMILES string of the molecule is COCCCNC(=O)CN(C)C(=O)c1sc(-c2ccco2)nc1-c1ccccc1. The number of nitrogens with zero attached hydrogens (tertiary/aromatic N) is 2. The van der Waals surface area contributed by atoms with Gasteiger partial charge < -0.3 is 19.4 Å². The van der Waals surface area contributed by atoms with Crippen LogP contribution in [0.3, 0.4) is 0 Å². The second kappa shape index (κ2) is 9.99. The van der Waals surface area contributed by atoms with E-state index in [9.17, 15) is 9.59 Å². The van der Waals surface area contributed by atoms with Crippen molar-refractivity contribution in [2.45, 2.75) is 6.42 Å². The first-order valence-electron chi connectivity index (χ1n) is 9.21. The highest BCUT2D eigenvalue weighted by Crippen LogP contribution is 2.34. The van der Waals surface area contributed by atoms with Crippen molar-refractivity contribution in [1.29, 1.82) is 0 Å². The lowest BCUT2D eigenvalue weighted by atomic mass is 10.1. The number of amides is 2. The number of hydrogen-bond acceptors (Lipinski definition) is 6. The van der Waals surface area contributed by atoms with E-state index in [0.29, 0.717) is 34.5 Å². The molecule has 1 aromatic carbocycles. The van der Waals surface area contributed by atoms with Crippen molar-refractivity contribution in [3.63, 3.8) is 0 Å². The molecule has 0 unspecified atom stereocenters. The Morgan fingerprint density at radius 1 is 1.21 bits per heavy atom. The third kappa shape index (κ3) is 5.30. The maximum Gasteiger partial charge on any atom is 0.266 e. The van der Waals surface area contributed by atoms with Gasteiger partial charge in [0.05, 0.1) is 18.5 Å². The molecule has 3 aromatic rings. The molecule has 0 aliphatic carbocycles. The van der Waals surface area contributed by atoms with E-state index in [2.05, 4.69) is 10.3 Å². The van der Waals surface area contributed by atoms with Crippen LogP contribution < -0.4 is 5.32 Å². The molecule has 152 valence electrons. The summed E-state index contributed by atoms with van der Waals surface area (Å²) in [7, 11) is 3.22. The van der Waals surface area contributed by atoms with Crippen LogP contribution in [0.2, 0.25) is 0 Å². The number of benzene rings is 1. The Morgan fingerprint density at radius 3 is 2.69 bits per heavy atom. The fourth-order valence-corrected chi connectivity index (χ4v) is 3.77. The number of thiazole rings is 1. The zero-order valence-corrected chi connectivity index (χ0v) is 17.2. The summed E-state index contributed by atoms with van der Waals surface area (Å²) in [6.07, 6.45) is 2.29. The molecule has 8 heteroatoms. The first kappa shape index (κ1) is 20.8. The number of carbonyl (C=O) groups is 2. The summed E-state index contributed by atoms with van der Waals surface area (Å²) in [4.78, 5) is 31.7. The predicted octanol–water partition coefficient (Wildman–Crippen LogP) is 3.29. The van der Waals surface area contributed by atoms with E-state index in [1.165, 1.54) is 16.2 Å². The van der Waals surface area contributed by atoms with E-state index in [4.69, 9.17) is 9.15 Å². The number of furan rings is 1. The van der Waals surface area contributed by atoms with E-state index in [-0.39, 0.29) is 18.4 Å². The molecule has 7 nitrogen and oxygen atoms in total. The molecule has 3 rings (SSSR count). The van der Waals surface area contributed by atoms with Gasteiger partial charge in [-0.15, -0.1) is 11.3 Å². The summed E-state index contributed by atoms with van der Waals surface area (Å²) in [5.74, 6) is 0.130. The van der Waals surface area contributed by atoms with Crippen LogP contribution >= 0.6 is 11.3 Å².